The third-order valence-corrected chi connectivity index (χ3v) is 3.11. The molecule has 0 unspecified atom stereocenters. The zero-order valence-corrected chi connectivity index (χ0v) is 10.8. The van der Waals surface area contributed by atoms with Crippen molar-refractivity contribution in [3.05, 3.63) is 70.3 Å². The van der Waals surface area contributed by atoms with Gasteiger partial charge in [-0.25, -0.2) is 8.78 Å². The Morgan fingerprint density at radius 2 is 1.63 bits per heavy atom. The summed E-state index contributed by atoms with van der Waals surface area (Å²) in [4.78, 5) is 12.2. The maximum atomic E-state index is 13.1. The Bertz CT molecular complexity index is 612. The van der Waals surface area contributed by atoms with E-state index in [1.165, 1.54) is 6.07 Å². The zero-order chi connectivity index (χ0) is 14.0. The van der Waals surface area contributed by atoms with Crippen LogP contribution in [0.2, 0.25) is 0 Å². The Kier molecular flexibility index (Phi) is 3.74. The molecule has 0 saturated heterocycles. The van der Waals surface area contributed by atoms with Crippen LogP contribution >= 0.6 is 0 Å². The van der Waals surface area contributed by atoms with E-state index in [1.54, 1.807) is 0 Å². The van der Waals surface area contributed by atoms with Crippen molar-refractivity contribution in [2.75, 3.05) is 0 Å². The summed E-state index contributed by atoms with van der Waals surface area (Å²) in [5.74, 6) is -1.91. The van der Waals surface area contributed by atoms with Crippen LogP contribution in [0.1, 0.15) is 27.0 Å². The molecule has 0 aliphatic heterocycles. The minimum absolute atomic E-state index is 0.0723. The quantitative estimate of drug-likeness (QED) is 0.762. The third-order valence-electron chi connectivity index (χ3n) is 3.11. The van der Waals surface area contributed by atoms with E-state index >= 15 is 0 Å². The number of ketones is 1. The van der Waals surface area contributed by atoms with Crippen molar-refractivity contribution >= 4 is 5.78 Å². The van der Waals surface area contributed by atoms with Gasteiger partial charge in [-0.15, -0.1) is 0 Å². The van der Waals surface area contributed by atoms with Gasteiger partial charge in [-0.05, 0) is 42.7 Å². The number of carbonyl (C=O) groups excluding carboxylic acids is 1. The van der Waals surface area contributed by atoms with Crippen LogP contribution in [-0.4, -0.2) is 5.78 Å². The van der Waals surface area contributed by atoms with Gasteiger partial charge in [-0.1, -0.05) is 24.3 Å². The van der Waals surface area contributed by atoms with Crippen molar-refractivity contribution in [2.45, 2.75) is 20.3 Å². The summed E-state index contributed by atoms with van der Waals surface area (Å²) in [6.45, 7) is 3.73. The molecule has 0 saturated carbocycles. The largest absolute Gasteiger partial charge is 0.294 e. The number of Topliss-reactive ketones (excluding diaryl/α,β-unsaturated/α-hetero) is 1. The van der Waals surface area contributed by atoms with Gasteiger partial charge in [0.1, 0.15) is 0 Å². The normalized spacial score (nSPS) is 10.5. The molecule has 0 spiro atoms. The lowest BCUT2D eigenvalue weighted by atomic mass is 9.95. The van der Waals surface area contributed by atoms with Crippen molar-refractivity contribution in [1.82, 2.24) is 0 Å². The SMILES string of the molecule is Cc1cccc(C)c1C(=O)Cc1ccc(F)c(F)c1. The number of hydrogen-bond donors (Lipinski definition) is 0. The molecular formula is C16H14F2O. The first-order chi connectivity index (χ1) is 8.99. The highest BCUT2D eigenvalue weighted by molar-refractivity contribution is 6.00. The average Bonchev–Trinajstić information content (AvgIpc) is 2.33. The van der Waals surface area contributed by atoms with Crippen LogP contribution in [0.3, 0.4) is 0 Å². The highest BCUT2D eigenvalue weighted by Crippen LogP contribution is 2.17. The van der Waals surface area contributed by atoms with Gasteiger partial charge >= 0.3 is 0 Å². The van der Waals surface area contributed by atoms with Gasteiger partial charge in [0.25, 0.3) is 0 Å². The molecule has 0 bridgehead atoms. The summed E-state index contributed by atoms with van der Waals surface area (Å²) >= 11 is 0. The molecule has 2 aromatic rings. The van der Waals surface area contributed by atoms with Gasteiger partial charge in [0.2, 0.25) is 0 Å². The summed E-state index contributed by atoms with van der Waals surface area (Å²) in [5.41, 5.74) is 2.93. The number of rotatable bonds is 3. The van der Waals surface area contributed by atoms with Gasteiger partial charge in [-0.2, -0.15) is 0 Å². The fourth-order valence-electron chi connectivity index (χ4n) is 2.18. The maximum Gasteiger partial charge on any atom is 0.167 e. The monoisotopic (exact) mass is 260 g/mol. The molecule has 3 heteroatoms. The smallest absolute Gasteiger partial charge is 0.167 e. The van der Waals surface area contributed by atoms with E-state index in [4.69, 9.17) is 0 Å². The van der Waals surface area contributed by atoms with Crippen molar-refractivity contribution in [2.24, 2.45) is 0 Å². The second-order valence-electron chi connectivity index (χ2n) is 4.62. The zero-order valence-electron chi connectivity index (χ0n) is 10.8. The first kappa shape index (κ1) is 13.4. The summed E-state index contributed by atoms with van der Waals surface area (Å²) in [5, 5.41) is 0. The highest BCUT2D eigenvalue weighted by atomic mass is 19.2. The molecule has 19 heavy (non-hydrogen) atoms. The topological polar surface area (TPSA) is 17.1 Å². The van der Waals surface area contributed by atoms with E-state index in [-0.39, 0.29) is 12.2 Å². The predicted molar refractivity (Wildman–Crippen MR) is 70.3 cm³/mol. The van der Waals surface area contributed by atoms with Crippen LogP contribution in [0.4, 0.5) is 8.78 Å². The number of aryl methyl sites for hydroxylation is 2. The molecule has 0 aliphatic carbocycles. The minimum Gasteiger partial charge on any atom is -0.294 e. The van der Waals surface area contributed by atoms with E-state index in [1.807, 2.05) is 32.0 Å². The summed E-state index contributed by atoms with van der Waals surface area (Å²) < 4.78 is 25.9. The van der Waals surface area contributed by atoms with Gasteiger partial charge in [0.15, 0.2) is 17.4 Å². The Morgan fingerprint density at radius 1 is 1.00 bits per heavy atom. The second-order valence-corrected chi connectivity index (χ2v) is 4.62. The van der Waals surface area contributed by atoms with Gasteiger partial charge in [0.05, 0.1) is 0 Å². The number of benzene rings is 2. The molecule has 1 nitrogen and oxygen atoms in total. The molecular weight excluding hydrogens is 246 g/mol. The lowest BCUT2D eigenvalue weighted by molar-refractivity contribution is 0.0991. The second kappa shape index (κ2) is 5.31. The van der Waals surface area contributed by atoms with E-state index in [0.717, 1.165) is 23.3 Å². The van der Waals surface area contributed by atoms with E-state index in [0.29, 0.717) is 11.1 Å². The number of halogens is 2. The molecule has 98 valence electrons. The van der Waals surface area contributed by atoms with Crippen LogP contribution in [0.5, 0.6) is 0 Å². The molecule has 0 radical (unpaired) electrons. The molecule has 0 heterocycles. The molecule has 2 rings (SSSR count). The van der Waals surface area contributed by atoms with Crippen LogP contribution in [-0.2, 0) is 6.42 Å². The first-order valence-electron chi connectivity index (χ1n) is 6.02. The molecule has 0 aliphatic rings. The molecule has 0 N–H and O–H groups in total. The lowest BCUT2D eigenvalue weighted by Crippen LogP contribution is -2.08. The molecule has 0 fully saturated rings. The Hall–Kier alpha value is -2.03. The fourth-order valence-corrected chi connectivity index (χ4v) is 2.18. The van der Waals surface area contributed by atoms with Crippen LogP contribution in [0, 0.1) is 25.5 Å². The fraction of sp³-hybridized carbons (Fsp3) is 0.188. The predicted octanol–water partition coefficient (Wildman–Crippen LogP) is 4.01. The third kappa shape index (κ3) is 2.87. The van der Waals surface area contributed by atoms with Crippen molar-refractivity contribution in [3.8, 4) is 0 Å². The number of carbonyl (C=O) groups is 1. The van der Waals surface area contributed by atoms with Gasteiger partial charge in [-0.3, -0.25) is 4.79 Å². The average molecular weight is 260 g/mol. The summed E-state index contributed by atoms with van der Waals surface area (Å²) in [7, 11) is 0. The first-order valence-corrected chi connectivity index (χ1v) is 6.02. The minimum atomic E-state index is -0.924. The highest BCUT2D eigenvalue weighted by Gasteiger charge is 2.13. The van der Waals surface area contributed by atoms with Gasteiger partial charge in [0, 0.05) is 12.0 Å². The molecule has 2 aromatic carbocycles. The Balaban J connectivity index is 2.28. The maximum absolute atomic E-state index is 13.1. The van der Waals surface area contributed by atoms with E-state index in [2.05, 4.69) is 0 Å². The summed E-state index contributed by atoms with van der Waals surface area (Å²) in [6, 6.07) is 9.17. The molecule has 0 amide bonds. The summed E-state index contributed by atoms with van der Waals surface area (Å²) in [6.07, 6.45) is 0.0723. The number of hydrogen-bond acceptors (Lipinski definition) is 1. The van der Waals surface area contributed by atoms with Crippen LogP contribution in [0.25, 0.3) is 0 Å². The Morgan fingerprint density at radius 3 is 2.21 bits per heavy atom. The van der Waals surface area contributed by atoms with E-state index in [9.17, 15) is 13.6 Å². The Labute approximate surface area is 110 Å². The van der Waals surface area contributed by atoms with Crippen LogP contribution in [0.15, 0.2) is 36.4 Å². The van der Waals surface area contributed by atoms with Crippen molar-refractivity contribution in [3.63, 3.8) is 0 Å². The van der Waals surface area contributed by atoms with Crippen LogP contribution < -0.4 is 0 Å². The standard InChI is InChI=1S/C16H14F2O/c1-10-4-3-5-11(2)16(10)15(19)9-12-6-7-13(17)14(18)8-12/h3-8H,9H2,1-2H3. The van der Waals surface area contributed by atoms with Crippen molar-refractivity contribution in [1.29, 1.82) is 0 Å². The van der Waals surface area contributed by atoms with E-state index < -0.39 is 11.6 Å². The van der Waals surface area contributed by atoms with Crippen molar-refractivity contribution < 1.29 is 13.6 Å². The lowest BCUT2D eigenvalue weighted by Gasteiger charge is -2.08. The molecule has 0 aromatic heterocycles. The van der Waals surface area contributed by atoms with Gasteiger partial charge < -0.3 is 0 Å². The molecule has 0 atom stereocenters.